The zero-order chi connectivity index (χ0) is 20.4. The van der Waals surface area contributed by atoms with E-state index in [9.17, 15) is 13.2 Å². The van der Waals surface area contributed by atoms with Gasteiger partial charge in [0.2, 0.25) is 10.0 Å². The van der Waals surface area contributed by atoms with Gasteiger partial charge >= 0.3 is 0 Å². The Bertz CT molecular complexity index is 1110. The number of hydrogen-bond acceptors (Lipinski definition) is 5. The lowest BCUT2D eigenvalue weighted by Gasteiger charge is -2.22. The number of anilines is 1. The first-order valence-electron chi connectivity index (χ1n) is 9.23. The fourth-order valence-corrected chi connectivity index (χ4v) is 4.49. The van der Waals surface area contributed by atoms with E-state index in [1.165, 1.54) is 10.6 Å². The molecule has 3 aromatic rings. The topological polar surface area (TPSA) is 83.7 Å². The number of amides is 1. The summed E-state index contributed by atoms with van der Waals surface area (Å²) in [7, 11) is -3.32. The molecule has 0 saturated heterocycles. The highest BCUT2D eigenvalue weighted by atomic mass is 32.2. The highest BCUT2D eigenvalue weighted by Gasteiger charge is 2.27. The van der Waals surface area contributed by atoms with Gasteiger partial charge in [-0.05, 0) is 53.9 Å². The number of aromatic nitrogens is 1. The summed E-state index contributed by atoms with van der Waals surface area (Å²) in [5.41, 5.74) is 2.95. The molecule has 0 saturated carbocycles. The Balaban J connectivity index is 1.62. The summed E-state index contributed by atoms with van der Waals surface area (Å²) in [5.74, 6) is 0.539. The van der Waals surface area contributed by atoms with Gasteiger partial charge < -0.3 is 9.32 Å². The minimum atomic E-state index is -3.32. The van der Waals surface area contributed by atoms with E-state index in [1.807, 2.05) is 18.2 Å². The maximum Gasteiger partial charge on any atom is 0.254 e. The highest BCUT2D eigenvalue weighted by molar-refractivity contribution is 7.92. The fourth-order valence-electron chi connectivity index (χ4n) is 3.53. The summed E-state index contributed by atoms with van der Waals surface area (Å²) in [5, 5.41) is 0. The Morgan fingerprint density at radius 1 is 1.21 bits per heavy atom. The lowest BCUT2D eigenvalue weighted by atomic mass is 10.1. The maximum absolute atomic E-state index is 13.3. The molecular formula is C21H21N3O4S. The Morgan fingerprint density at radius 3 is 2.76 bits per heavy atom. The second-order valence-corrected chi connectivity index (χ2v) is 8.94. The maximum atomic E-state index is 13.3. The van der Waals surface area contributed by atoms with Crippen LogP contribution in [-0.4, -0.2) is 37.0 Å². The smallest absolute Gasteiger partial charge is 0.254 e. The van der Waals surface area contributed by atoms with Crippen molar-refractivity contribution in [3.8, 4) is 0 Å². The van der Waals surface area contributed by atoms with E-state index in [-0.39, 0.29) is 5.91 Å². The van der Waals surface area contributed by atoms with Gasteiger partial charge in [-0.2, -0.15) is 0 Å². The van der Waals surface area contributed by atoms with Gasteiger partial charge in [-0.1, -0.05) is 6.07 Å². The highest BCUT2D eigenvalue weighted by Crippen LogP contribution is 2.31. The Morgan fingerprint density at radius 2 is 2.07 bits per heavy atom. The summed E-state index contributed by atoms with van der Waals surface area (Å²) < 4.78 is 30.7. The van der Waals surface area contributed by atoms with Gasteiger partial charge in [-0.25, -0.2) is 8.42 Å². The van der Waals surface area contributed by atoms with Crippen molar-refractivity contribution in [1.29, 1.82) is 0 Å². The Labute approximate surface area is 169 Å². The molecule has 8 heteroatoms. The summed E-state index contributed by atoms with van der Waals surface area (Å²) in [6.45, 7) is 1.12. The van der Waals surface area contributed by atoms with Gasteiger partial charge in [0, 0.05) is 31.0 Å². The van der Waals surface area contributed by atoms with Crippen molar-refractivity contribution >= 4 is 21.6 Å². The number of benzene rings is 1. The summed E-state index contributed by atoms with van der Waals surface area (Å²) in [4.78, 5) is 19.1. The van der Waals surface area contributed by atoms with Crippen molar-refractivity contribution < 1.29 is 17.6 Å². The van der Waals surface area contributed by atoms with E-state index in [2.05, 4.69) is 4.98 Å². The molecule has 2 aromatic heterocycles. The van der Waals surface area contributed by atoms with E-state index in [4.69, 9.17) is 4.42 Å². The van der Waals surface area contributed by atoms with E-state index in [0.717, 1.165) is 11.1 Å². The van der Waals surface area contributed by atoms with Crippen LogP contribution in [0.2, 0.25) is 0 Å². The molecule has 4 rings (SSSR count). The molecule has 0 atom stereocenters. The molecule has 29 heavy (non-hydrogen) atoms. The van der Waals surface area contributed by atoms with Crippen molar-refractivity contribution in [1.82, 2.24) is 9.88 Å². The molecule has 0 spiro atoms. The van der Waals surface area contributed by atoms with Crippen LogP contribution in [0, 0.1) is 0 Å². The molecule has 1 amide bonds. The van der Waals surface area contributed by atoms with Crippen LogP contribution in [0.5, 0.6) is 0 Å². The van der Waals surface area contributed by atoms with Gasteiger partial charge in [0.05, 0.1) is 24.8 Å². The number of nitrogens with zero attached hydrogens (tertiary/aromatic N) is 3. The summed E-state index contributed by atoms with van der Waals surface area (Å²) in [6, 6.07) is 12.6. The van der Waals surface area contributed by atoms with Gasteiger partial charge in [0.1, 0.15) is 5.76 Å². The number of furan rings is 1. The molecule has 7 nitrogen and oxygen atoms in total. The van der Waals surface area contributed by atoms with Crippen LogP contribution >= 0.6 is 0 Å². The molecule has 3 heterocycles. The van der Waals surface area contributed by atoms with Gasteiger partial charge in [0.25, 0.3) is 5.91 Å². The third kappa shape index (κ3) is 4.17. The number of carbonyl (C=O) groups excluding carboxylic acids is 1. The van der Waals surface area contributed by atoms with Crippen LogP contribution in [0.15, 0.2) is 65.5 Å². The molecule has 150 valence electrons. The first-order chi connectivity index (χ1) is 13.9. The molecule has 1 aromatic carbocycles. The van der Waals surface area contributed by atoms with E-state index in [0.29, 0.717) is 43.1 Å². The average molecular weight is 411 g/mol. The lowest BCUT2D eigenvalue weighted by molar-refractivity contribution is 0.0717. The van der Waals surface area contributed by atoms with Crippen molar-refractivity contribution in [2.75, 3.05) is 17.1 Å². The minimum absolute atomic E-state index is 0.147. The molecular weight excluding hydrogens is 390 g/mol. The van der Waals surface area contributed by atoms with Crippen LogP contribution in [0.4, 0.5) is 5.69 Å². The molecule has 0 fully saturated rings. The van der Waals surface area contributed by atoms with Crippen molar-refractivity contribution in [2.45, 2.75) is 19.5 Å². The predicted molar refractivity (Wildman–Crippen MR) is 109 cm³/mol. The van der Waals surface area contributed by atoms with E-state index in [1.54, 1.807) is 47.8 Å². The van der Waals surface area contributed by atoms with Gasteiger partial charge in [-0.15, -0.1) is 0 Å². The molecule has 0 N–H and O–H groups in total. The van der Waals surface area contributed by atoms with Crippen LogP contribution in [0.1, 0.15) is 27.2 Å². The number of fused-ring (bicyclic) bond motifs is 1. The molecule has 0 radical (unpaired) electrons. The van der Waals surface area contributed by atoms with Crippen molar-refractivity contribution in [3.05, 3.63) is 83.6 Å². The fraction of sp³-hybridized carbons (Fsp3) is 0.238. The first-order valence-corrected chi connectivity index (χ1v) is 11.1. The van der Waals surface area contributed by atoms with Gasteiger partial charge in [-0.3, -0.25) is 14.1 Å². The predicted octanol–water partition coefficient (Wildman–Crippen LogP) is 2.84. The minimum Gasteiger partial charge on any atom is -0.467 e. The zero-order valence-corrected chi connectivity index (χ0v) is 16.8. The monoisotopic (exact) mass is 411 g/mol. The Hall–Kier alpha value is -3.13. The zero-order valence-electron chi connectivity index (χ0n) is 16.0. The summed E-state index contributed by atoms with van der Waals surface area (Å²) >= 11 is 0. The van der Waals surface area contributed by atoms with Crippen molar-refractivity contribution in [2.24, 2.45) is 0 Å². The number of sulfonamides is 1. The SMILES string of the molecule is CS(=O)(=O)N1CCc2cc(C(=O)N(Cc3cccnc3)Cc3ccco3)ccc21. The third-order valence-electron chi connectivity index (χ3n) is 4.89. The average Bonchev–Trinajstić information content (AvgIpc) is 3.36. The number of rotatable bonds is 6. The van der Waals surface area contributed by atoms with Crippen LogP contribution < -0.4 is 4.31 Å². The first kappa shape index (κ1) is 19.2. The van der Waals surface area contributed by atoms with Crippen molar-refractivity contribution in [3.63, 3.8) is 0 Å². The van der Waals surface area contributed by atoms with Gasteiger partial charge in [0.15, 0.2) is 0 Å². The molecule has 0 bridgehead atoms. The largest absolute Gasteiger partial charge is 0.467 e. The molecule has 1 aliphatic rings. The Kier molecular flexibility index (Phi) is 5.10. The molecule has 1 aliphatic heterocycles. The quantitative estimate of drug-likeness (QED) is 0.623. The lowest BCUT2D eigenvalue weighted by Crippen LogP contribution is -2.30. The standard InChI is InChI=1S/C21H21N3O4S/c1-29(26,27)24-10-8-17-12-18(6-7-20(17)24)21(25)23(15-19-5-3-11-28-19)14-16-4-2-9-22-13-16/h2-7,9,11-13H,8,10,14-15H2,1H3. The number of hydrogen-bond donors (Lipinski definition) is 0. The normalized spacial score (nSPS) is 13.3. The second-order valence-electron chi connectivity index (χ2n) is 7.03. The molecule has 0 unspecified atom stereocenters. The molecule has 0 aliphatic carbocycles. The van der Waals surface area contributed by atoms with E-state index >= 15 is 0 Å². The number of pyridine rings is 1. The van der Waals surface area contributed by atoms with Crippen LogP contribution in [0.25, 0.3) is 0 Å². The number of carbonyl (C=O) groups is 1. The van der Waals surface area contributed by atoms with Crippen LogP contribution in [0.3, 0.4) is 0 Å². The summed E-state index contributed by atoms with van der Waals surface area (Å²) in [6.07, 6.45) is 6.78. The third-order valence-corrected chi connectivity index (χ3v) is 6.07. The van der Waals surface area contributed by atoms with Crippen LogP contribution in [-0.2, 0) is 29.5 Å². The van der Waals surface area contributed by atoms with E-state index < -0.39 is 10.0 Å². The second kappa shape index (κ2) is 7.71.